The molecule has 2 aliphatic rings. The third-order valence-electron chi connectivity index (χ3n) is 13.9. The number of nitrogens with zero attached hydrogens (tertiary/aromatic N) is 2. The Labute approximate surface area is 460 Å². The summed E-state index contributed by atoms with van der Waals surface area (Å²) < 4.78 is 193. The Hall–Kier alpha value is -8.94. The van der Waals surface area contributed by atoms with E-state index in [9.17, 15) is 19.2 Å². The van der Waals surface area contributed by atoms with E-state index in [1.165, 1.54) is 9.80 Å². The topological polar surface area (TPSA) is 45.9 Å². The lowest BCUT2D eigenvalue weighted by Crippen LogP contribution is -2.61. The Kier molecular flexibility index (Phi) is 5.92. The highest BCUT2D eigenvalue weighted by Crippen LogP contribution is 2.52. The van der Waals surface area contributed by atoms with Gasteiger partial charge in [0.05, 0.1) is 36.0 Å². The Morgan fingerprint density at radius 1 is 0.351 bits per heavy atom. The largest absolute Gasteiger partial charge is 0.456 e. The smallest absolute Gasteiger partial charge is 0.252 e. The third kappa shape index (κ3) is 6.13. The van der Waals surface area contributed by atoms with E-state index in [2.05, 4.69) is 0 Å². The number of rotatable bonds is 5. The molecule has 11 aromatic carbocycles. The maximum atomic E-state index is 10.6. The summed E-state index contributed by atoms with van der Waals surface area (Å²) in [6.07, 6.45) is 0. The van der Waals surface area contributed by atoms with Crippen LogP contribution in [0.2, 0.25) is 10.0 Å². The summed E-state index contributed by atoms with van der Waals surface area (Å²) in [6, 6.07) is 22.7. The van der Waals surface area contributed by atoms with E-state index in [0.717, 1.165) is 5.39 Å². The quantitative estimate of drug-likeness (QED) is 0.161. The second kappa shape index (κ2) is 15.8. The van der Waals surface area contributed by atoms with Crippen molar-refractivity contribution in [3.8, 4) is 33.4 Å². The minimum atomic E-state index is -1.57. The zero-order chi connectivity index (χ0) is 64.4. The fourth-order valence-corrected chi connectivity index (χ4v) is 11.0. The molecule has 14 aromatic rings. The normalized spacial score (nSPS) is 16.3. The van der Waals surface area contributed by atoms with Crippen LogP contribution < -0.4 is 26.2 Å². The van der Waals surface area contributed by atoms with Crippen molar-refractivity contribution in [2.24, 2.45) is 0 Å². The van der Waals surface area contributed by atoms with Crippen LogP contribution in [0.25, 0.3) is 99.2 Å². The zero-order valence-electron chi connectivity index (χ0n) is 55.9. The van der Waals surface area contributed by atoms with Gasteiger partial charge in [-0.25, -0.2) is 0 Å². The van der Waals surface area contributed by atoms with E-state index in [0.29, 0.717) is 38.8 Å². The Balaban J connectivity index is 1.17. The van der Waals surface area contributed by atoms with Gasteiger partial charge in [-0.05, 0) is 141 Å². The summed E-state index contributed by atoms with van der Waals surface area (Å²) in [6.45, 7) is -1.57. The van der Waals surface area contributed by atoms with Gasteiger partial charge in [-0.2, -0.15) is 0 Å². The first-order valence-electron chi connectivity index (χ1n) is 32.4. The van der Waals surface area contributed by atoms with Gasteiger partial charge in [0.25, 0.3) is 6.71 Å². The maximum absolute atomic E-state index is 10.6. The molecule has 0 aliphatic carbocycles. The molecule has 74 heavy (non-hydrogen) atoms. The predicted octanol–water partition coefficient (Wildman–Crippen LogP) is 17.8. The van der Waals surface area contributed by atoms with Crippen LogP contribution in [-0.2, 0) is 0 Å². The van der Waals surface area contributed by atoms with Crippen molar-refractivity contribution < 1.29 is 37.9 Å². The van der Waals surface area contributed by atoms with Crippen LogP contribution in [0.1, 0.15) is 24.7 Å². The second-order valence-corrected chi connectivity index (χ2v) is 18.7. The molecular formula is C66H37BCl2N2O3. The van der Waals surface area contributed by atoms with Gasteiger partial charge < -0.3 is 23.1 Å². The first-order valence-corrected chi connectivity index (χ1v) is 24.1. The van der Waals surface area contributed by atoms with Gasteiger partial charge in [0.1, 0.15) is 22.3 Å². The first kappa shape index (κ1) is 27.8. The van der Waals surface area contributed by atoms with Gasteiger partial charge >= 0.3 is 0 Å². The molecule has 0 fully saturated rings. The molecule has 3 aromatic heterocycles. The van der Waals surface area contributed by atoms with Gasteiger partial charge in [-0.15, -0.1) is 0 Å². The number of halogens is 2. The molecule has 0 saturated carbocycles. The Bertz CT molecular complexity index is 5480. The van der Waals surface area contributed by atoms with Crippen LogP contribution >= 0.6 is 23.2 Å². The van der Waals surface area contributed by atoms with E-state index in [1.54, 1.807) is 84.9 Å². The van der Waals surface area contributed by atoms with Crippen molar-refractivity contribution in [3.05, 3.63) is 234 Å². The van der Waals surface area contributed by atoms with E-state index in [-0.39, 0.29) is 118 Å². The summed E-state index contributed by atoms with van der Waals surface area (Å²) in [5.41, 5.74) is -0.494. The fourth-order valence-electron chi connectivity index (χ4n) is 10.7. The van der Waals surface area contributed by atoms with E-state index < -0.39 is 113 Å². The lowest BCUT2D eigenvalue weighted by atomic mass is 9.33. The van der Waals surface area contributed by atoms with Gasteiger partial charge in [0.2, 0.25) is 0 Å². The van der Waals surface area contributed by atoms with Gasteiger partial charge in [0.15, 0.2) is 11.2 Å². The summed E-state index contributed by atoms with van der Waals surface area (Å²) in [7, 11) is 0. The molecule has 0 radical (unpaired) electrons. The van der Waals surface area contributed by atoms with Crippen LogP contribution in [0, 0.1) is 0 Å². The van der Waals surface area contributed by atoms with E-state index in [4.69, 9.17) is 41.9 Å². The van der Waals surface area contributed by atoms with Crippen molar-refractivity contribution in [3.63, 3.8) is 0 Å². The molecule has 0 saturated heterocycles. The first-order chi connectivity index (χ1) is 44.0. The molecule has 5 heterocycles. The molecule has 16 rings (SSSR count). The number of para-hydroxylation sites is 3. The number of furan rings is 3. The standard InChI is InChI=1S/C66H37BCl2N2O3/c68-44-24-26-52-54(36-44)70(58-34-41(38-13-3-1-4-14-38)30-50-47-18-8-11-21-61(47)73-65(50)58)56-32-43(40-23-28-63-49(29-40)46-17-7-10-20-60(46)72-63)33-57-64(56)67(52)53-27-25-45(69)37-55(53)71(57)59-35-42(39-15-5-2-6-16-39)31-51-48-19-9-12-22-62(48)74-66(51)59/h1-37H/i8D,9D,11D,12D,18D,19D,21D,22D,24D,25D,26D,27D,30D,31D,34D,35D,36D,37D. The van der Waals surface area contributed by atoms with Crippen LogP contribution in [0.15, 0.2) is 237 Å². The summed E-state index contributed by atoms with van der Waals surface area (Å²) >= 11 is 14.2. The molecule has 0 N–H and O–H groups in total. The third-order valence-corrected chi connectivity index (χ3v) is 14.3. The molecule has 0 amide bonds. The highest BCUT2D eigenvalue weighted by atomic mass is 35.5. The maximum Gasteiger partial charge on any atom is 0.252 e. The molecule has 346 valence electrons. The average Bonchev–Trinajstić information content (AvgIpc) is 0.791. The number of hydrogen-bond acceptors (Lipinski definition) is 5. The van der Waals surface area contributed by atoms with Crippen LogP contribution in [0.3, 0.4) is 0 Å². The molecule has 2 aliphatic heterocycles. The number of benzene rings is 11. The molecular weight excluding hydrogens is 950 g/mol. The zero-order valence-corrected chi connectivity index (χ0v) is 39.4. The average molecular weight is 1010 g/mol. The van der Waals surface area contributed by atoms with Crippen LogP contribution in [-0.4, -0.2) is 6.71 Å². The number of fused-ring (bicyclic) bond motifs is 13. The lowest BCUT2D eigenvalue weighted by molar-refractivity contribution is 0.668. The minimum absolute atomic E-state index is 0.0100. The Morgan fingerprint density at radius 2 is 0.865 bits per heavy atom. The molecule has 0 atom stereocenters. The summed E-state index contributed by atoms with van der Waals surface area (Å²) in [5.74, 6) is 0. The summed E-state index contributed by atoms with van der Waals surface area (Å²) in [5, 5.41) is -0.399. The van der Waals surface area contributed by atoms with E-state index >= 15 is 0 Å². The molecule has 0 unspecified atom stereocenters. The van der Waals surface area contributed by atoms with Gasteiger partial charge in [-0.3, -0.25) is 0 Å². The lowest BCUT2D eigenvalue weighted by Gasteiger charge is -2.44. The SMILES string of the molecule is [2H]c1c([2H])c2c(c([2H])c1Cl)N(c1c([2H])c(-c3ccccc3)c([2H])c3c1oc1c([2H])c([2H])c([2H])c([2H])c13)c1cc(-c3ccc4oc5ccccc5c4c3)cc3c1B2c1c([2H])c([2H])c(Cl)c([2H])c1N3c1c([2H])c(-c2ccccc2)c([2H])c2c1oc1c([2H])c([2H])c([2H])c([2H])c12. The predicted molar refractivity (Wildman–Crippen MR) is 309 cm³/mol. The van der Waals surface area contributed by atoms with Crippen LogP contribution in [0.5, 0.6) is 0 Å². The molecule has 5 nitrogen and oxygen atoms in total. The van der Waals surface area contributed by atoms with Crippen molar-refractivity contribution in [1.29, 1.82) is 0 Å². The minimum Gasteiger partial charge on any atom is -0.456 e. The highest BCUT2D eigenvalue weighted by molar-refractivity contribution is 7.00. The van der Waals surface area contributed by atoms with Crippen molar-refractivity contribution >= 4 is 146 Å². The van der Waals surface area contributed by atoms with Crippen molar-refractivity contribution in [2.45, 2.75) is 0 Å². The fraction of sp³-hybridized carbons (Fsp3) is 0. The molecule has 8 heteroatoms. The van der Waals surface area contributed by atoms with Crippen molar-refractivity contribution in [2.75, 3.05) is 9.80 Å². The number of hydrogen-bond donors (Lipinski definition) is 0. The van der Waals surface area contributed by atoms with Gasteiger partial charge in [-0.1, -0.05) is 156 Å². The van der Waals surface area contributed by atoms with E-state index in [1.807, 2.05) is 30.3 Å². The van der Waals surface area contributed by atoms with Gasteiger partial charge in [0, 0.05) is 65.1 Å². The monoisotopic (exact) mass is 1000 g/mol. The van der Waals surface area contributed by atoms with Crippen LogP contribution in [0.4, 0.5) is 34.1 Å². The number of anilines is 6. The highest BCUT2D eigenvalue weighted by Gasteiger charge is 2.45. The molecule has 0 bridgehead atoms. The molecule has 0 spiro atoms. The van der Waals surface area contributed by atoms with Crippen molar-refractivity contribution in [1.82, 2.24) is 0 Å². The Morgan fingerprint density at radius 3 is 1.43 bits per heavy atom. The second-order valence-electron chi connectivity index (χ2n) is 17.9. The summed E-state index contributed by atoms with van der Waals surface area (Å²) in [4.78, 5) is 2.80.